The number of hydrogen-bond donors (Lipinski definition) is 2. The van der Waals surface area contributed by atoms with Gasteiger partial charge in [-0.25, -0.2) is 0 Å². The van der Waals surface area contributed by atoms with Crippen LogP contribution in [0.25, 0.3) is 0 Å². The van der Waals surface area contributed by atoms with E-state index in [2.05, 4.69) is 27.7 Å². The number of likely N-dealkylation sites (tertiary alicyclic amines) is 1. The van der Waals surface area contributed by atoms with E-state index in [9.17, 15) is 9.59 Å². The van der Waals surface area contributed by atoms with Gasteiger partial charge < -0.3 is 15.4 Å². The topological polar surface area (TPSA) is 70.7 Å². The molecule has 0 saturated carbocycles. The molecule has 1 aromatic rings. The van der Waals surface area contributed by atoms with Gasteiger partial charge >= 0.3 is 5.97 Å². The molecule has 6 heteroatoms. The largest absolute Gasteiger partial charge is 0.468 e. The molecular weight excluding hydrogens is 330 g/mol. The first kappa shape index (κ1) is 18.9. The van der Waals surface area contributed by atoms with E-state index in [0.717, 1.165) is 44.6 Å². The predicted molar refractivity (Wildman–Crippen MR) is 100 cm³/mol. The molecule has 2 aliphatic rings. The third-order valence-corrected chi connectivity index (χ3v) is 5.44. The fourth-order valence-electron chi connectivity index (χ4n) is 3.79. The summed E-state index contributed by atoms with van der Waals surface area (Å²) in [7, 11) is 1.41. The molecule has 0 aromatic heterocycles. The molecule has 26 heavy (non-hydrogen) atoms. The number of benzene rings is 1. The number of methoxy groups -OCH3 is 1. The average molecular weight is 359 g/mol. The number of rotatable bonds is 5. The van der Waals surface area contributed by atoms with E-state index in [1.54, 1.807) is 0 Å². The molecule has 2 heterocycles. The maximum atomic E-state index is 12.5. The van der Waals surface area contributed by atoms with E-state index in [0.29, 0.717) is 12.5 Å². The molecule has 2 saturated heterocycles. The predicted octanol–water partition coefficient (Wildman–Crippen LogP) is 1.52. The first-order valence-corrected chi connectivity index (χ1v) is 9.56. The summed E-state index contributed by atoms with van der Waals surface area (Å²) >= 11 is 0. The van der Waals surface area contributed by atoms with Gasteiger partial charge in [0.2, 0.25) is 0 Å². The molecule has 1 aromatic carbocycles. The molecule has 6 nitrogen and oxygen atoms in total. The van der Waals surface area contributed by atoms with Gasteiger partial charge in [-0.15, -0.1) is 0 Å². The van der Waals surface area contributed by atoms with Gasteiger partial charge in [0.15, 0.2) is 0 Å². The van der Waals surface area contributed by atoms with Crippen LogP contribution in [0, 0.1) is 0 Å². The van der Waals surface area contributed by atoms with Gasteiger partial charge in [-0.2, -0.15) is 0 Å². The molecule has 3 rings (SSSR count). The van der Waals surface area contributed by atoms with Crippen molar-refractivity contribution >= 4 is 11.9 Å². The Morgan fingerprint density at radius 2 is 1.92 bits per heavy atom. The smallest absolute Gasteiger partial charge is 0.319 e. The van der Waals surface area contributed by atoms with E-state index in [-0.39, 0.29) is 17.9 Å². The quantitative estimate of drug-likeness (QED) is 0.780. The summed E-state index contributed by atoms with van der Waals surface area (Å²) in [5, 5.41) is 6.56. The Labute approximate surface area is 155 Å². The highest BCUT2D eigenvalue weighted by atomic mass is 16.5. The first-order valence-electron chi connectivity index (χ1n) is 9.56. The van der Waals surface area contributed by atoms with Crippen LogP contribution in [-0.4, -0.2) is 62.7 Å². The highest BCUT2D eigenvalue weighted by molar-refractivity contribution is 5.94. The minimum Gasteiger partial charge on any atom is -0.468 e. The number of amides is 1. The maximum absolute atomic E-state index is 12.5. The number of nitrogens with zero attached hydrogens (tertiary/aromatic N) is 1. The van der Waals surface area contributed by atoms with Crippen molar-refractivity contribution in [2.45, 2.75) is 37.6 Å². The number of hydrogen-bond acceptors (Lipinski definition) is 5. The maximum Gasteiger partial charge on any atom is 0.319 e. The lowest BCUT2D eigenvalue weighted by molar-refractivity contribution is -0.142. The van der Waals surface area contributed by atoms with Crippen LogP contribution in [0.2, 0.25) is 0 Å². The lowest BCUT2D eigenvalue weighted by atomic mass is 9.91. The second-order valence-corrected chi connectivity index (χ2v) is 7.27. The fourth-order valence-corrected chi connectivity index (χ4v) is 3.79. The zero-order valence-corrected chi connectivity index (χ0v) is 15.5. The third-order valence-electron chi connectivity index (χ3n) is 5.44. The molecule has 0 bridgehead atoms. The van der Waals surface area contributed by atoms with Crippen LogP contribution in [0.15, 0.2) is 24.3 Å². The summed E-state index contributed by atoms with van der Waals surface area (Å²) in [6.07, 6.45) is 4.13. The van der Waals surface area contributed by atoms with Crippen LogP contribution in [0.5, 0.6) is 0 Å². The van der Waals surface area contributed by atoms with Crippen molar-refractivity contribution in [1.29, 1.82) is 0 Å². The molecule has 2 aliphatic heterocycles. The zero-order valence-electron chi connectivity index (χ0n) is 15.5. The Bertz CT molecular complexity index is 603. The summed E-state index contributed by atoms with van der Waals surface area (Å²) in [6.45, 7) is 4.06. The lowest BCUT2D eigenvalue weighted by Gasteiger charge is -2.31. The molecule has 0 spiro atoms. The minimum atomic E-state index is -0.208. The van der Waals surface area contributed by atoms with Crippen LogP contribution in [0.1, 0.15) is 47.5 Å². The van der Waals surface area contributed by atoms with Crippen LogP contribution in [0.3, 0.4) is 0 Å². The molecule has 2 N–H and O–H groups in total. The Morgan fingerprint density at radius 1 is 1.19 bits per heavy atom. The number of nitrogens with one attached hydrogen (secondary N) is 2. The van der Waals surface area contributed by atoms with Crippen molar-refractivity contribution in [3.05, 3.63) is 35.4 Å². The molecule has 1 amide bonds. The molecule has 0 unspecified atom stereocenters. The molecular formula is C20H29N3O3. The average Bonchev–Trinajstić information content (AvgIpc) is 2.70. The second-order valence-electron chi connectivity index (χ2n) is 7.27. The van der Waals surface area contributed by atoms with Crippen LogP contribution >= 0.6 is 0 Å². The number of carbonyl (C=O) groups is 2. The molecule has 142 valence electrons. The zero-order chi connectivity index (χ0) is 18.4. The molecule has 2 fully saturated rings. The minimum absolute atomic E-state index is 0.00950. The fraction of sp³-hybridized carbons (Fsp3) is 0.600. The Morgan fingerprint density at radius 3 is 2.54 bits per heavy atom. The van der Waals surface area contributed by atoms with E-state index in [1.165, 1.54) is 25.5 Å². The van der Waals surface area contributed by atoms with Crippen molar-refractivity contribution in [2.24, 2.45) is 0 Å². The number of piperidine rings is 2. The Hall–Kier alpha value is -1.92. The first-order chi connectivity index (χ1) is 12.7. The van der Waals surface area contributed by atoms with Gasteiger partial charge in [-0.05, 0) is 55.8 Å². The second kappa shape index (κ2) is 9.14. The van der Waals surface area contributed by atoms with Crippen molar-refractivity contribution in [1.82, 2.24) is 15.5 Å². The molecule has 0 aliphatic carbocycles. The van der Waals surface area contributed by atoms with Gasteiger partial charge in [0, 0.05) is 31.2 Å². The summed E-state index contributed by atoms with van der Waals surface area (Å²) in [5.74, 6) is 0.338. The van der Waals surface area contributed by atoms with Gasteiger partial charge in [0.05, 0.1) is 13.7 Å². The van der Waals surface area contributed by atoms with E-state index in [4.69, 9.17) is 4.74 Å². The van der Waals surface area contributed by atoms with Crippen LogP contribution < -0.4 is 10.6 Å². The van der Waals surface area contributed by atoms with Crippen molar-refractivity contribution in [3.63, 3.8) is 0 Å². The highest BCUT2D eigenvalue weighted by Gasteiger charge is 2.23. The van der Waals surface area contributed by atoms with Gasteiger partial charge in [0.1, 0.15) is 0 Å². The Kier molecular flexibility index (Phi) is 6.63. The number of esters is 1. The summed E-state index contributed by atoms with van der Waals surface area (Å²) in [6, 6.07) is 8.22. The highest BCUT2D eigenvalue weighted by Crippen LogP contribution is 2.23. The summed E-state index contributed by atoms with van der Waals surface area (Å²) < 4.78 is 4.70. The normalized spacial score (nSPS) is 22.0. The van der Waals surface area contributed by atoms with Crippen molar-refractivity contribution < 1.29 is 14.3 Å². The van der Waals surface area contributed by atoms with Gasteiger partial charge in [-0.1, -0.05) is 12.1 Å². The SMILES string of the molecule is COC(=O)CN1CCC(NC(=O)c2ccc([C@H]3CCCNC3)cc2)CC1. The van der Waals surface area contributed by atoms with Gasteiger partial charge in [0.25, 0.3) is 5.91 Å². The monoisotopic (exact) mass is 359 g/mol. The van der Waals surface area contributed by atoms with Crippen LogP contribution in [0.4, 0.5) is 0 Å². The lowest BCUT2D eigenvalue weighted by Crippen LogP contribution is -2.46. The van der Waals surface area contributed by atoms with Gasteiger partial charge in [-0.3, -0.25) is 14.5 Å². The Balaban J connectivity index is 1.47. The van der Waals surface area contributed by atoms with E-state index in [1.807, 2.05) is 12.1 Å². The third kappa shape index (κ3) is 5.05. The number of ether oxygens (including phenoxy) is 1. The summed E-state index contributed by atoms with van der Waals surface area (Å²) in [5.41, 5.74) is 2.03. The van der Waals surface area contributed by atoms with Crippen LogP contribution in [-0.2, 0) is 9.53 Å². The van der Waals surface area contributed by atoms with Crippen molar-refractivity contribution in [2.75, 3.05) is 39.8 Å². The standard InChI is InChI=1S/C20H29N3O3/c1-26-19(24)14-23-11-8-18(9-12-23)22-20(25)16-6-4-15(5-7-16)17-3-2-10-21-13-17/h4-7,17-18,21H,2-3,8-14H2,1H3,(H,22,25)/t17-/m0/s1. The summed E-state index contributed by atoms with van der Waals surface area (Å²) in [4.78, 5) is 25.9. The van der Waals surface area contributed by atoms with E-state index < -0.39 is 0 Å². The van der Waals surface area contributed by atoms with E-state index >= 15 is 0 Å². The molecule has 1 atom stereocenters. The van der Waals surface area contributed by atoms with Crippen molar-refractivity contribution in [3.8, 4) is 0 Å². The molecule has 0 radical (unpaired) electrons. The number of carbonyl (C=O) groups excluding carboxylic acids is 2.